The molecule has 5 unspecified atom stereocenters. The summed E-state index contributed by atoms with van der Waals surface area (Å²) in [5.41, 5.74) is -5.61. The van der Waals surface area contributed by atoms with Crippen LogP contribution in [0.4, 0.5) is 26.3 Å². The maximum Gasteiger partial charge on any atom is 0.438 e. The van der Waals surface area contributed by atoms with Crippen molar-refractivity contribution >= 4 is 28.0 Å². The van der Waals surface area contributed by atoms with Crippen molar-refractivity contribution in [3.8, 4) is 0 Å². The summed E-state index contributed by atoms with van der Waals surface area (Å²) in [6.45, 7) is 0. The lowest BCUT2D eigenvalue weighted by Gasteiger charge is -2.53. The van der Waals surface area contributed by atoms with Gasteiger partial charge >= 0.3 is 35.9 Å². The Morgan fingerprint density at radius 3 is 1.71 bits per heavy atom. The molecule has 0 spiro atoms. The number of hydrogen-bond donors (Lipinski definition) is 1. The Kier molecular flexibility index (Phi) is 7.39. The SMILES string of the molecule is COC(=O)C1C2CC(OC(=O)C3C4CC5CC(C4)CC3C5)C(C2)C1C(=O)OC(CS(=O)(=O)O)(C(F)(F)F)C(F)(F)F. The molecular weight excluding hydrogens is 590 g/mol. The molecule has 16 heteroatoms. The molecule has 6 aliphatic rings. The number of fused-ring (bicyclic) bond motifs is 2. The van der Waals surface area contributed by atoms with Crippen molar-refractivity contribution in [2.24, 2.45) is 53.3 Å². The number of carbonyl (C=O) groups is 3. The Balaban J connectivity index is 1.40. The summed E-state index contributed by atoms with van der Waals surface area (Å²) >= 11 is 0. The van der Waals surface area contributed by atoms with E-state index in [9.17, 15) is 49.1 Å². The highest BCUT2D eigenvalue weighted by Crippen LogP contribution is 2.59. The van der Waals surface area contributed by atoms with E-state index in [1.165, 1.54) is 0 Å². The first-order valence-electron chi connectivity index (χ1n) is 13.4. The molecule has 5 atom stereocenters. The molecule has 0 aromatic heterocycles. The van der Waals surface area contributed by atoms with Crippen LogP contribution in [-0.4, -0.2) is 67.8 Å². The topological polar surface area (TPSA) is 133 Å². The Labute approximate surface area is 231 Å². The Bertz CT molecular complexity index is 1160. The number of hydrogen-bond acceptors (Lipinski definition) is 8. The number of halogens is 6. The second kappa shape index (κ2) is 9.98. The smallest absolute Gasteiger partial charge is 0.438 e. The first-order valence-corrected chi connectivity index (χ1v) is 15.1. The van der Waals surface area contributed by atoms with Crippen LogP contribution in [-0.2, 0) is 38.7 Å². The maximum atomic E-state index is 13.8. The zero-order valence-corrected chi connectivity index (χ0v) is 22.6. The normalized spacial score (nSPS) is 38.1. The van der Waals surface area contributed by atoms with Gasteiger partial charge in [-0.15, -0.1) is 0 Å². The third-order valence-electron chi connectivity index (χ3n) is 10.0. The minimum absolute atomic E-state index is 0.0392. The van der Waals surface area contributed by atoms with E-state index in [0.29, 0.717) is 11.8 Å². The largest absolute Gasteiger partial charge is 0.469 e. The van der Waals surface area contributed by atoms with Gasteiger partial charge in [0.15, 0.2) is 0 Å². The van der Waals surface area contributed by atoms with Crippen LogP contribution in [0.25, 0.3) is 0 Å². The fourth-order valence-electron chi connectivity index (χ4n) is 8.74. The zero-order valence-electron chi connectivity index (χ0n) is 21.8. The van der Waals surface area contributed by atoms with Gasteiger partial charge in [0.1, 0.15) is 11.9 Å². The van der Waals surface area contributed by atoms with Crippen LogP contribution >= 0.6 is 0 Å². The number of ether oxygens (including phenoxy) is 3. The molecule has 41 heavy (non-hydrogen) atoms. The van der Waals surface area contributed by atoms with Gasteiger partial charge in [0.25, 0.3) is 10.1 Å². The highest BCUT2D eigenvalue weighted by atomic mass is 32.2. The molecule has 0 aromatic carbocycles. The van der Waals surface area contributed by atoms with E-state index >= 15 is 0 Å². The number of alkyl halides is 6. The van der Waals surface area contributed by atoms with Gasteiger partial charge in [-0.25, -0.2) is 0 Å². The van der Waals surface area contributed by atoms with E-state index in [1.807, 2.05) is 0 Å². The van der Waals surface area contributed by atoms with E-state index in [0.717, 1.165) is 39.2 Å². The number of rotatable bonds is 7. The van der Waals surface area contributed by atoms with Gasteiger partial charge in [-0.2, -0.15) is 34.8 Å². The predicted octanol–water partition coefficient (Wildman–Crippen LogP) is 3.71. The minimum atomic E-state index is -6.51. The average Bonchev–Trinajstić information content (AvgIpc) is 3.38. The average molecular weight is 621 g/mol. The summed E-state index contributed by atoms with van der Waals surface area (Å²) in [6.07, 6.45) is -9.43. The molecule has 6 rings (SSSR count). The molecule has 0 saturated heterocycles. The lowest BCUT2D eigenvalue weighted by molar-refractivity contribution is -0.362. The van der Waals surface area contributed by atoms with E-state index in [1.54, 1.807) is 0 Å². The van der Waals surface area contributed by atoms with Crippen molar-refractivity contribution < 1.29 is 67.9 Å². The van der Waals surface area contributed by atoms with Crippen LogP contribution in [0.15, 0.2) is 0 Å². The molecule has 0 amide bonds. The van der Waals surface area contributed by atoms with Crippen LogP contribution < -0.4 is 0 Å². The molecular formula is C25H30F6O9S. The second-order valence-corrected chi connectivity index (χ2v) is 13.8. The van der Waals surface area contributed by atoms with Crippen molar-refractivity contribution in [2.75, 3.05) is 12.9 Å². The third kappa shape index (κ3) is 5.20. The summed E-state index contributed by atoms with van der Waals surface area (Å²) in [5.74, 6) is -11.2. The van der Waals surface area contributed by atoms with Crippen LogP contribution in [0.3, 0.4) is 0 Å². The van der Waals surface area contributed by atoms with Gasteiger partial charge in [0, 0.05) is 5.92 Å². The summed E-state index contributed by atoms with van der Waals surface area (Å²) in [4.78, 5) is 39.0. The Morgan fingerprint density at radius 1 is 0.732 bits per heavy atom. The van der Waals surface area contributed by atoms with E-state index in [-0.39, 0.29) is 30.6 Å². The predicted molar refractivity (Wildman–Crippen MR) is 123 cm³/mol. The van der Waals surface area contributed by atoms with Gasteiger partial charge in [0.2, 0.25) is 0 Å². The summed E-state index contributed by atoms with van der Waals surface area (Å²) in [6, 6.07) is 0. The van der Waals surface area contributed by atoms with Crippen molar-refractivity contribution in [2.45, 2.75) is 69.0 Å². The van der Waals surface area contributed by atoms with E-state index in [2.05, 4.69) is 9.47 Å². The van der Waals surface area contributed by atoms with E-state index in [4.69, 9.17) is 9.29 Å². The van der Waals surface area contributed by atoms with Crippen LogP contribution in [0.5, 0.6) is 0 Å². The van der Waals surface area contributed by atoms with Gasteiger partial charge in [-0.05, 0) is 74.5 Å². The summed E-state index contributed by atoms with van der Waals surface area (Å²) < 4.78 is 129. The number of carbonyl (C=O) groups excluding carboxylic acids is 3. The number of esters is 3. The molecule has 0 heterocycles. The highest BCUT2D eigenvalue weighted by molar-refractivity contribution is 7.85. The quantitative estimate of drug-likeness (QED) is 0.196. The molecule has 6 bridgehead atoms. The lowest BCUT2D eigenvalue weighted by atomic mass is 9.52. The molecule has 9 nitrogen and oxygen atoms in total. The molecule has 0 aromatic rings. The van der Waals surface area contributed by atoms with Crippen molar-refractivity contribution in [1.82, 2.24) is 0 Å². The van der Waals surface area contributed by atoms with Gasteiger partial charge in [-0.3, -0.25) is 18.9 Å². The van der Waals surface area contributed by atoms with Crippen molar-refractivity contribution in [3.05, 3.63) is 0 Å². The lowest BCUT2D eigenvalue weighted by Crippen LogP contribution is -2.64. The molecule has 6 saturated carbocycles. The Morgan fingerprint density at radius 2 is 1.24 bits per heavy atom. The van der Waals surface area contributed by atoms with Crippen LogP contribution in [0, 0.1) is 53.3 Å². The fraction of sp³-hybridized carbons (Fsp3) is 0.880. The van der Waals surface area contributed by atoms with Gasteiger partial charge in [-0.1, -0.05) is 0 Å². The monoisotopic (exact) mass is 620 g/mol. The molecule has 0 radical (unpaired) electrons. The molecule has 232 valence electrons. The van der Waals surface area contributed by atoms with E-state index < -0.39 is 81.5 Å². The maximum absolute atomic E-state index is 13.8. The number of methoxy groups -OCH3 is 1. The molecule has 0 aliphatic heterocycles. The van der Waals surface area contributed by atoms with Crippen LogP contribution in [0.2, 0.25) is 0 Å². The second-order valence-electron chi connectivity index (χ2n) is 12.4. The first-order chi connectivity index (χ1) is 18.8. The molecule has 6 aliphatic carbocycles. The minimum Gasteiger partial charge on any atom is -0.469 e. The molecule has 1 N–H and O–H groups in total. The Hall–Kier alpha value is -2.10. The molecule has 6 fully saturated rings. The van der Waals surface area contributed by atoms with Gasteiger partial charge in [0.05, 0.1) is 24.9 Å². The first kappa shape index (κ1) is 30.4. The fourth-order valence-corrected chi connectivity index (χ4v) is 9.64. The summed E-state index contributed by atoms with van der Waals surface area (Å²) in [5, 5.41) is 0. The van der Waals surface area contributed by atoms with Crippen LogP contribution in [0.1, 0.15) is 44.9 Å². The third-order valence-corrected chi connectivity index (χ3v) is 10.8. The van der Waals surface area contributed by atoms with Crippen molar-refractivity contribution in [3.63, 3.8) is 0 Å². The standard InChI is InChI=1S/C25H30F6O9S/c1-38-20(32)18-14-7-15(16(8-14)39-21(33)17-12-3-10-2-11(5-12)6-13(17)4-10)19(18)22(34)40-23(24(26,27)28,25(29,30)31)9-41(35,36)37/h10-19H,2-9H2,1H3,(H,35,36,37). The highest BCUT2D eigenvalue weighted by Gasteiger charge is 2.77. The van der Waals surface area contributed by atoms with Crippen molar-refractivity contribution in [1.29, 1.82) is 0 Å². The van der Waals surface area contributed by atoms with Gasteiger partial charge < -0.3 is 14.2 Å². The summed E-state index contributed by atoms with van der Waals surface area (Å²) in [7, 11) is -5.06. The zero-order chi connectivity index (χ0) is 30.3.